The van der Waals surface area contributed by atoms with Crippen molar-refractivity contribution in [2.24, 2.45) is 0 Å². The molecule has 0 saturated carbocycles. The normalized spacial score (nSPS) is 10.7. The van der Waals surface area contributed by atoms with Crippen molar-refractivity contribution in [3.05, 3.63) is 80.6 Å². The second-order valence-electron chi connectivity index (χ2n) is 6.12. The molecule has 0 aliphatic heterocycles. The molecular formula is C20H15Cl2F2N3O3. The molecular weight excluding hydrogens is 439 g/mol. The maximum atomic E-state index is 13.2. The summed E-state index contributed by atoms with van der Waals surface area (Å²) >= 11 is 11.7. The van der Waals surface area contributed by atoms with Gasteiger partial charge in [-0.3, -0.25) is 9.59 Å². The lowest BCUT2D eigenvalue weighted by Crippen LogP contribution is -2.34. The van der Waals surface area contributed by atoms with Gasteiger partial charge < -0.3 is 10.1 Å². The second kappa shape index (κ2) is 9.69. The molecule has 3 aromatic rings. The first-order valence-corrected chi connectivity index (χ1v) is 9.47. The molecule has 2 aromatic carbocycles. The summed E-state index contributed by atoms with van der Waals surface area (Å²) in [4.78, 5) is 24.0. The molecule has 0 atom stereocenters. The van der Waals surface area contributed by atoms with Crippen molar-refractivity contribution < 1.29 is 18.3 Å². The fourth-order valence-electron chi connectivity index (χ4n) is 2.54. The highest BCUT2D eigenvalue weighted by atomic mass is 35.5. The van der Waals surface area contributed by atoms with Gasteiger partial charge in [0, 0.05) is 18.2 Å². The van der Waals surface area contributed by atoms with Crippen LogP contribution in [0.15, 0.2) is 53.3 Å². The van der Waals surface area contributed by atoms with Gasteiger partial charge >= 0.3 is 0 Å². The number of aromatic nitrogens is 2. The van der Waals surface area contributed by atoms with Crippen LogP contribution < -0.4 is 15.6 Å². The Morgan fingerprint density at radius 3 is 2.37 bits per heavy atom. The Kier molecular flexibility index (Phi) is 7.02. The van der Waals surface area contributed by atoms with Crippen LogP contribution in [0.3, 0.4) is 0 Å². The second-order valence-corrected chi connectivity index (χ2v) is 6.94. The Labute approximate surface area is 180 Å². The third-order valence-electron chi connectivity index (χ3n) is 3.96. The molecule has 30 heavy (non-hydrogen) atoms. The van der Waals surface area contributed by atoms with Gasteiger partial charge in [0.2, 0.25) is 0 Å². The topological polar surface area (TPSA) is 73.2 Å². The molecule has 10 heteroatoms. The quantitative estimate of drug-likeness (QED) is 0.591. The Morgan fingerprint density at radius 2 is 1.70 bits per heavy atom. The lowest BCUT2D eigenvalue weighted by Gasteiger charge is -2.11. The van der Waals surface area contributed by atoms with Crippen molar-refractivity contribution in [1.29, 1.82) is 0 Å². The Hall–Kier alpha value is -2.97. The van der Waals surface area contributed by atoms with E-state index < -0.39 is 18.3 Å². The summed E-state index contributed by atoms with van der Waals surface area (Å²) < 4.78 is 32.7. The number of amides is 1. The summed E-state index contributed by atoms with van der Waals surface area (Å²) in [6, 6.07) is 10.6. The van der Waals surface area contributed by atoms with Crippen LogP contribution in [0.5, 0.6) is 5.75 Å². The third-order valence-corrected chi connectivity index (χ3v) is 4.52. The monoisotopic (exact) mass is 453 g/mol. The fraction of sp³-hybridized carbons (Fsp3) is 0.150. The molecule has 0 radical (unpaired) electrons. The van der Waals surface area contributed by atoms with E-state index in [2.05, 4.69) is 10.4 Å². The minimum absolute atomic E-state index is 0.000214. The van der Waals surface area contributed by atoms with Gasteiger partial charge in [0.15, 0.2) is 12.4 Å². The van der Waals surface area contributed by atoms with Gasteiger partial charge in [-0.15, -0.1) is 0 Å². The van der Waals surface area contributed by atoms with E-state index in [1.807, 2.05) is 0 Å². The van der Waals surface area contributed by atoms with Crippen LogP contribution in [-0.2, 0) is 11.3 Å². The first-order valence-electron chi connectivity index (χ1n) is 8.71. The lowest BCUT2D eigenvalue weighted by atomic mass is 10.1. The molecule has 1 aromatic heterocycles. The van der Waals surface area contributed by atoms with Crippen molar-refractivity contribution in [2.45, 2.75) is 6.54 Å². The SMILES string of the molecule is O=C(COc1c(Cl)cc(F)cc1Cl)NCCn1nc(-c2ccc(F)cc2)ccc1=O. The van der Waals surface area contributed by atoms with E-state index in [0.29, 0.717) is 11.3 Å². The zero-order valence-corrected chi connectivity index (χ0v) is 16.9. The molecule has 0 aliphatic rings. The van der Waals surface area contributed by atoms with Crippen LogP contribution in [0.1, 0.15) is 0 Å². The molecule has 1 heterocycles. The maximum absolute atomic E-state index is 13.2. The van der Waals surface area contributed by atoms with E-state index in [1.54, 1.807) is 12.1 Å². The number of hydrogen-bond donors (Lipinski definition) is 1. The number of ether oxygens (including phenoxy) is 1. The number of nitrogens with zero attached hydrogens (tertiary/aromatic N) is 2. The largest absolute Gasteiger partial charge is 0.481 e. The molecule has 0 spiro atoms. The summed E-state index contributed by atoms with van der Waals surface area (Å²) in [5.74, 6) is -1.49. The molecule has 0 unspecified atom stereocenters. The number of hydrogen-bond acceptors (Lipinski definition) is 4. The van der Waals surface area contributed by atoms with Gasteiger partial charge in [0.05, 0.1) is 22.3 Å². The highest BCUT2D eigenvalue weighted by molar-refractivity contribution is 6.37. The van der Waals surface area contributed by atoms with Crippen molar-refractivity contribution >= 4 is 29.1 Å². The summed E-state index contributed by atoms with van der Waals surface area (Å²) in [6.45, 7) is -0.187. The number of nitrogens with one attached hydrogen (secondary N) is 1. The minimum Gasteiger partial charge on any atom is -0.481 e. The van der Waals surface area contributed by atoms with Crippen LogP contribution >= 0.6 is 23.2 Å². The van der Waals surface area contributed by atoms with E-state index in [4.69, 9.17) is 27.9 Å². The van der Waals surface area contributed by atoms with E-state index in [1.165, 1.54) is 28.9 Å². The Balaban J connectivity index is 1.56. The predicted molar refractivity (Wildman–Crippen MR) is 109 cm³/mol. The first kappa shape index (κ1) is 21.7. The van der Waals surface area contributed by atoms with E-state index >= 15 is 0 Å². The summed E-state index contributed by atoms with van der Waals surface area (Å²) in [5, 5.41) is 6.69. The number of carbonyl (C=O) groups is 1. The number of halogens is 4. The van der Waals surface area contributed by atoms with E-state index in [0.717, 1.165) is 12.1 Å². The lowest BCUT2D eigenvalue weighted by molar-refractivity contribution is -0.123. The van der Waals surface area contributed by atoms with Crippen molar-refractivity contribution in [3.63, 3.8) is 0 Å². The molecule has 156 valence electrons. The average Bonchev–Trinajstić information content (AvgIpc) is 2.69. The highest BCUT2D eigenvalue weighted by Gasteiger charge is 2.12. The molecule has 6 nitrogen and oxygen atoms in total. The standard InChI is InChI=1S/C20H15Cl2F2N3O3/c21-15-9-14(24)10-16(22)20(15)30-11-18(28)25-7-8-27-19(29)6-5-17(26-27)12-1-3-13(23)4-2-12/h1-6,9-10H,7-8,11H2,(H,25,28). The Morgan fingerprint density at radius 1 is 1.03 bits per heavy atom. The van der Waals surface area contributed by atoms with Crippen LogP contribution in [0.25, 0.3) is 11.3 Å². The number of benzene rings is 2. The number of carbonyl (C=O) groups excluding carboxylic acids is 1. The molecule has 3 rings (SSSR count). The molecule has 1 amide bonds. The zero-order chi connectivity index (χ0) is 21.7. The molecule has 0 aliphatic carbocycles. The van der Waals surface area contributed by atoms with Crippen molar-refractivity contribution in [2.75, 3.05) is 13.2 Å². The van der Waals surface area contributed by atoms with Gasteiger partial charge in [-0.2, -0.15) is 5.10 Å². The van der Waals surface area contributed by atoms with Crippen LogP contribution in [0.4, 0.5) is 8.78 Å². The maximum Gasteiger partial charge on any atom is 0.266 e. The first-order chi connectivity index (χ1) is 14.3. The fourth-order valence-corrected chi connectivity index (χ4v) is 3.11. The highest BCUT2D eigenvalue weighted by Crippen LogP contribution is 2.33. The number of rotatable bonds is 7. The van der Waals surface area contributed by atoms with E-state index in [-0.39, 0.29) is 40.3 Å². The van der Waals surface area contributed by atoms with Crippen molar-refractivity contribution in [3.8, 4) is 17.0 Å². The van der Waals surface area contributed by atoms with Crippen LogP contribution in [-0.4, -0.2) is 28.8 Å². The van der Waals surface area contributed by atoms with Gasteiger partial charge in [0.1, 0.15) is 11.6 Å². The zero-order valence-electron chi connectivity index (χ0n) is 15.4. The summed E-state index contributed by atoms with van der Waals surface area (Å²) in [5.41, 5.74) is 0.789. The van der Waals surface area contributed by atoms with Gasteiger partial charge in [-0.1, -0.05) is 23.2 Å². The molecule has 0 fully saturated rings. The van der Waals surface area contributed by atoms with Crippen LogP contribution in [0.2, 0.25) is 10.0 Å². The van der Waals surface area contributed by atoms with Gasteiger partial charge in [-0.05, 0) is 42.5 Å². The van der Waals surface area contributed by atoms with Gasteiger partial charge in [-0.25, -0.2) is 13.5 Å². The van der Waals surface area contributed by atoms with Gasteiger partial charge in [0.25, 0.3) is 11.5 Å². The third kappa shape index (κ3) is 5.55. The summed E-state index contributed by atoms with van der Waals surface area (Å²) in [6.07, 6.45) is 0. The predicted octanol–water partition coefficient (Wildman–Crippen LogP) is 3.69. The Bertz CT molecular complexity index is 1100. The summed E-state index contributed by atoms with van der Waals surface area (Å²) in [7, 11) is 0. The minimum atomic E-state index is -0.623. The van der Waals surface area contributed by atoms with Crippen LogP contribution in [0, 0.1) is 11.6 Å². The molecule has 1 N–H and O–H groups in total. The molecule has 0 bridgehead atoms. The smallest absolute Gasteiger partial charge is 0.266 e. The van der Waals surface area contributed by atoms with Crippen molar-refractivity contribution in [1.82, 2.24) is 15.1 Å². The average molecular weight is 454 g/mol. The molecule has 0 saturated heterocycles. The van der Waals surface area contributed by atoms with E-state index in [9.17, 15) is 18.4 Å².